The molecule has 0 amide bonds. The van der Waals surface area contributed by atoms with Gasteiger partial charge < -0.3 is 21.1 Å². The summed E-state index contributed by atoms with van der Waals surface area (Å²) in [6.45, 7) is 2.27. The normalized spacial score (nSPS) is 11.7. The Hall–Kier alpha value is -1.89. The zero-order valence-corrected chi connectivity index (χ0v) is 20.8. The molecule has 1 atom stereocenters. The molecular formula is C26H49NO6. The predicted molar refractivity (Wildman–Crippen MR) is 133 cm³/mol. The molecule has 0 aromatic heterocycles. The fraction of sp³-hybridized carbons (Fsp3) is 0.808. The summed E-state index contributed by atoms with van der Waals surface area (Å²) >= 11 is 0. The zero-order valence-electron chi connectivity index (χ0n) is 20.8. The quantitative estimate of drug-likeness (QED) is 0.104. The van der Waals surface area contributed by atoms with Crippen LogP contribution in [0.4, 0.5) is 0 Å². The summed E-state index contributed by atoms with van der Waals surface area (Å²) in [6.07, 6.45) is 26.6. The summed E-state index contributed by atoms with van der Waals surface area (Å²) in [5.41, 5.74) is 4.84. The number of hydrogen-bond donors (Lipinski definition) is 4. The molecule has 0 rings (SSSR count). The van der Waals surface area contributed by atoms with Crippen LogP contribution in [0.15, 0.2) is 12.2 Å². The van der Waals surface area contributed by atoms with Crippen molar-refractivity contribution in [3.63, 3.8) is 0 Å². The number of nitrogens with two attached hydrogens (primary N) is 1. The molecule has 0 fully saturated rings. The SMILES string of the molecule is CCCCCCCC/C=C\CCCCCCCCCCCC(=O)O.NC(CC(=O)O)C(=O)O. The molecule has 0 aliphatic rings. The van der Waals surface area contributed by atoms with Gasteiger partial charge in [-0.25, -0.2) is 0 Å². The van der Waals surface area contributed by atoms with Crippen LogP contribution >= 0.6 is 0 Å². The third kappa shape index (κ3) is 32.4. The number of unbranched alkanes of at least 4 members (excludes halogenated alkanes) is 15. The van der Waals surface area contributed by atoms with E-state index in [2.05, 4.69) is 19.1 Å². The summed E-state index contributed by atoms with van der Waals surface area (Å²) in [4.78, 5) is 30.0. The molecule has 0 spiro atoms. The first kappa shape index (κ1) is 33.3. The fourth-order valence-electron chi connectivity index (χ4n) is 3.33. The van der Waals surface area contributed by atoms with E-state index in [-0.39, 0.29) is 0 Å². The van der Waals surface area contributed by atoms with E-state index in [0.717, 1.165) is 12.8 Å². The van der Waals surface area contributed by atoms with Crippen molar-refractivity contribution in [3.05, 3.63) is 12.2 Å². The molecule has 0 radical (unpaired) electrons. The second-order valence-corrected chi connectivity index (χ2v) is 8.68. The number of carboxylic acid groups (broad SMARTS) is 3. The first-order valence-electron chi connectivity index (χ1n) is 12.9. The maximum absolute atomic E-state index is 10.4. The van der Waals surface area contributed by atoms with Gasteiger partial charge in [-0.2, -0.15) is 0 Å². The van der Waals surface area contributed by atoms with Crippen LogP contribution in [-0.4, -0.2) is 39.3 Å². The highest BCUT2D eigenvalue weighted by Gasteiger charge is 2.14. The van der Waals surface area contributed by atoms with Crippen LogP contribution in [0.3, 0.4) is 0 Å². The summed E-state index contributed by atoms with van der Waals surface area (Å²) in [5, 5.41) is 24.6. The molecule has 194 valence electrons. The number of carbonyl (C=O) groups is 3. The van der Waals surface area contributed by atoms with Gasteiger partial charge in [-0.1, -0.05) is 96.1 Å². The molecule has 5 N–H and O–H groups in total. The Balaban J connectivity index is 0. The summed E-state index contributed by atoms with van der Waals surface area (Å²) < 4.78 is 0. The summed E-state index contributed by atoms with van der Waals surface area (Å²) in [6, 6.07) is -1.29. The van der Waals surface area contributed by atoms with Crippen molar-refractivity contribution in [1.82, 2.24) is 0 Å². The van der Waals surface area contributed by atoms with Gasteiger partial charge in [-0.3, -0.25) is 14.4 Å². The van der Waals surface area contributed by atoms with Gasteiger partial charge in [0, 0.05) is 6.42 Å². The Morgan fingerprint density at radius 2 is 1.03 bits per heavy atom. The summed E-state index contributed by atoms with van der Waals surface area (Å²) in [5.74, 6) is -3.15. The molecule has 0 saturated heterocycles. The van der Waals surface area contributed by atoms with Crippen molar-refractivity contribution in [2.45, 2.75) is 135 Å². The van der Waals surface area contributed by atoms with Crippen molar-refractivity contribution in [3.8, 4) is 0 Å². The average Bonchev–Trinajstić information content (AvgIpc) is 2.75. The van der Waals surface area contributed by atoms with Gasteiger partial charge in [0.1, 0.15) is 6.04 Å². The van der Waals surface area contributed by atoms with Gasteiger partial charge in [0.2, 0.25) is 0 Å². The zero-order chi connectivity index (χ0) is 25.2. The number of allylic oxidation sites excluding steroid dienone is 2. The molecule has 0 aromatic carbocycles. The fourth-order valence-corrected chi connectivity index (χ4v) is 3.33. The standard InChI is InChI=1S/C22H42O2.C4H7NO4/c1-2-3-4-5-6-7-8-9-10-11-12-13-14-15-16-17-18-19-20-21-22(23)24;5-2(4(8)9)1-3(6)7/h9-10H,2-8,11-21H2,1H3,(H,23,24);2H,1,5H2,(H,6,7)(H,8,9)/b10-9-;. The van der Waals surface area contributed by atoms with E-state index in [1.165, 1.54) is 96.3 Å². The van der Waals surface area contributed by atoms with Gasteiger partial charge in [0.15, 0.2) is 0 Å². The minimum Gasteiger partial charge on any atom is -0.481 e. The van der Waals surface area contributed by atoms with Crippen molar-refractivity contribution >= 4 is 17.9 Å². The topological polar surface area (TPSA) is 138 Å². The van der Waals surface area contributed by atoms with E-state index in [4.69, 9.17) is 21.1 Å². The van der Waals surface area contributed by atoms with Crippen molar-refractivity contribution in [2.24, 2.45) is 5.73 Å². The Labute approximate surface area is 200 Å². The lowest BCUT2D eigenvalue weighted by Gasteiger charge is -2.01. The number of rotatable bonds is 22. The van der Waals surface area contributed by atoms with E-state index in [1.54, 1.807) is 0 Å². The molecule has 0 heterocycles. The Kier molecular flexibility index (Phi) is 26.6. The molecule has 0 bridgehead atoms. The molecule has 7 nitrogen and oxygen atoms in total. The van der Waals surface area contributed by atoms with Gasteiger partial charge in [0.05, 0.1) is 6.42 Å². The van der Waals surface area contributed by atoms with E-state index >= 15 is 0 Å². The average molecular weight is 472 g/mol. The molecule has 1 unspecified atom stereocenters. The highest BCUT2D eigenvalue weighted by atomic mass is 16.4. The maximum atomic E-state index is 10.4. The lowest BCUT2D eigenvalue weighted by molar-refractivity contribution is -0.144. The van der Waals surface area contributed by atoms with E-state index in [9.17, 15) is 14.4 Å². The Morgan fingerprint density at radius 3 is 1.36 bits per heavy atom. The van der Waals surface area contributed by atoms with Crippen LogP contribution in [0.1, 0.15) is 129 Å². The minimum absolute atomic E-state index is 0.340. The van der Waals surface area contributed by atoms with Crippen LogP contribution < -0.4 is 5.73 Å². The largest absolute Gasteiger partial charge is 0.481 e. The maximum Gasteiger partial charge on any atom is 0.321 e. The van der Waals surface area contributed by atoms with Crippen LogP contribution in [0.2, 0.25) is 0 Å². The molecular weight excluding hydrogens is 422 g/mol. The van der Waals surface area contributed by atoms with Crippen LogP contribution in [-0.2, 0) is 14.4 Å². The van der Waals surface area contributed by atoms with Gasteiger partial charge in [-0.05, 0) is 32.1 Å². The lowest BCUT2D eigenvalue weighted by atomic mass is 10.1. The minimum atomic E-state index is -1.29. The predicted octanol–water partition coefficient (Wildman–Crippen LogP) is 6.54. The van der Waals surface area contributed by atoms with E-state index in [1.807, 2.05) is 0 Å². The van der Waals surface area contributed by atoms with Gasteiger partial charge in [0.25, 0.3) is 0 Å². The van der Waals surface area contributed by atoms with E-state index < -0.39 is 30.4 Å². The molecule has 0 saturated carbocycles. The van der Waals surface area contributed by atoms with Crippen LogP contribution in [0.25, 0.3) is 0 Å². The Morgan fingerprint density at radius 1 is 0.636 bits per heavy atom. The number of aliphatic carboxylic acids is 3. The highest BCUT2D eigenvalue weighted by molar-refractivity contribution is 5.80. The number of carboxylic acids is 3. The molecule has 0 aromatic rings. The molecule has 0 aliphatic heterocycles. The highest BCUT2D eigenvalue weighted by Crippen LogP contribution is 2.12. The second kappa shape index (κ2) is 26.4. The van der Waals surface area contributed by atoms with Gasteiger partial charge in [-0.15, -0.1) is 0 Å². The van der Waals surface area contributed by atoms with Crippen LogP contribution in [0.5, 0.6) is 0 Å². The molecule has 7 heteroatoms. The van der Waals surface area contributed by atoms with E-state index in [0.29, 0.717) is 6.42 Å². The summed E-state index contributed by atoms with van der Waals surface area (Å²) in [7, 11) is 0. The first-order valence-corrected chi connectivity index (χ1v) is 12.9. The van der Waals surface area contributed by atoms with Crippen molar-refractivity contribution in [2.75, 3.05) is 0 Å². The van der Waals surface area contributed by atoms with Crippen LogP contribution in [0, 0.1) is 0 Å². The molecule has 33 heavy (non-hydrogen) atoms. The molecule has 0 aliphatic carbocycles. The smallest absolute Gasteiger partial charge is 0.321 e. The third-order valence-corrected chi connectivity index (χ3v) is 5.36. The lowest BCUT2D eigenvalue weighted by Crippen LogP contribution is -2.32. The second-order valence-electron chi connectivity index (χ2n) is 8.68. The number of hydrogen-bond acceptors (Lipinski definition) is 4. The van der Waals surface area contributed by atoms with Crippen molar-refractivity contribution < 1.29 is 29.7 Å². The Bertz CT molecular complexity index is 507. The van der Waals surface area contributed by atoms with Crippen molar-refractivity contribution in [1.29, 1.82) is 0 Å². The van der Waals surface area contributed by atoms with Gasteiger partial charge >= 0.3 is 17.9 Å². The monoisotopic (exact) mass is 471 g/mol. The first-order chi connectivity index (χ1) is 15.8. The third-order valence-electron chi connectivity index (χ3n) is 5.36.